The van der Waals surface area contributed by atoms with Gasteiger partial charge in [0, 0.05) is 5.56 Å². The summed E-state index contributed by atoms with van der Waals surface area (Å²) in [7, 11) is 5.81. The zero-order valence-corrected chi connectivity index (χ0v) is 10.5. The van der Waals surface area contributed by atoms with Gasteiger partial charge in [-0.25, -0.2) is 0 Å². The third-order valence-electron chi connectivity index (χ3n) is 2.24. The maximum atomic E-state index is 6.00. The topological polar surface area (TPSA) is 29.0 Å². The zero-order valence-electron chi connectivity index (χ0n) is 9.76. The Morgan fingerprint density at radius 2 is 1.82 bits per heavy atom. The van der Waals surface area contributed by atoms with E-state index < -0.39 is 0 Å². The number of rotatable bonds is 3. The first-order valence-electron chi connectivity index (χ1n) is 5.27. The van der Waals surface area contributed by atoms with Crippen molar-refractivity contribution < 1.29 is 0 Å². The lowest BCUT2D eigenvalue weighted by molar-refractivity contribution is 0.669. The zero-order chi connectivity index (χ0) is 12.3. The van der Waals surface area contributed by atoms with E-state index in [2.05, 4.69) is 10.2 Å². The van der Waals surface area contributed by atoms with Gasteiger partial charge in [0.2, 0.25) is 0 Å². The van der Waals surface area contributed by atoms with Gasteiger partial charge in [-0.05, 0) is 25.6 Å². The van der Waals surface area contributed by atoms with Gasteiger partial charge in [-0.15, -0.1) is 10.2 Å². The fraction of sp³-hybridized carbons (Fsp3) is 0.167. The molecule has 1 aromatic heterocycles. The minimum atomic E-state index is 0.415. The predicted molar refractivity (Wildman–Crippen MR) is 71.6 cm³/mol. The Morgan fingerprint density at radius 1 is 1.12 bits per heavy atom. The summed E-state index contributed by atoms with van der Waals surface area (Å²) in [5, 5.41) is 8.48. The number of benzene rings is 1. The third kappa shape index (κ3) is 3.05. The van der Waals surface area contributed by atoms with Crippen molar-refractivity contribution in [3.8, 4) is 11.3 Å². The lowest BCUT2D eigenvalue weighted by Gasteiger charge is -2.09. The molecule has 2 rings (SSSR count). The van der Waals surface area contributed by atoms with Gasteiger partial charge >= 0.3 is 0 Å². The molecule has 0 aliphatic heterocycles. The van der Waals surface area contributed by atoms with E-state index in [4.69, 9.17) is 11.6 Å². The number of nitrogens with zero attached hydrogens (tertiary/aromatic N) is 3. The van der Waals surface area contributed by atoms with Crippen LogP contribution in [0, 0.1) is 0 Å². The monoisotopic (exact) mass is 244 g/mol. The first-order chi connectivity index (χ1) is 8.16. The second-order valence-corrected chi connectivity index (χ2v) is 4.29. The summed E-state index contributed by atoms with van der Waals surface area (Å²) in [6.45, 7) is 0. The molecule has 1 radical (unpaired) electrons. The van der Waals surface area contributed by atoms with Crippen LogP contribution >= 0.6 is 11.6 Å². The molecular weight excluding hydrogens is 232 g/mol. The van der Waals surface area contributed by atoms with E-state index in [0.29, 0.717) is 5.15 Å². The highest BCUT2D eigenvalue weighted by atomic mass is 35.5. The van der Waals surface area contributed by atoms with Crippen molar-refractivity contribution in [1.82, 2.24) is 15.0 Å². The van der Waals surface area contributed by atoms with Crippen LogP contribution in [0.3, 0.4) is 0 Å². The summed E-state index contributed by atoms with van der Waals surface area (Å²) in [5.41, 5.74) is 2.72. The fourth-order valence-electron chi connectivity index (χ4n) is 1.51. The van der Waals surface area contributed by atoms with Crippen LogP contribution in [-0.4, -0.2) is 36.5 Å². The van der Waals surface area contributed by atoms with Crippen LogP contribution in [0.15, 0.2) is 36.4 Å². The molecule has 0 unspecified atom stereocenters. The number of aromatic nitrogens is 2. The van der Waals surface area contributed by atoms with Gasteiger partial charge in [-0.2, -0.15) is 0 Å². The summed E-state index contributed by atoms with van der Waals surface area (Å²) in [6, 6.07) is 11.8. The Bertz CT molecular complexity index is 502. The van der Waals surface area contributed by atoms with Gasteiger partial charge in [0.05, 0.1) is 5.69 Å². The van der Waals surface area contributed by atoms with E-state index >= 15 is 0 Å². The van der Waals surface area contributed by atoms with Crippen molar-refractivity contribution >= 4 is 24.5 Å². The molecule has 0 N–H and O–H groups in total. The first-order valence-corrected chi connectivity index (χ1v) is 5.64. The summed E-state index contributed by atoms with van der Waals surface area (Å²) in [5.74, 6) is 0. The summed E-state index contributed by atoms with van der Waals surface area (Å²) in [4.78, 5) is 1.93. The molecule has 0 saturated heterocycles. The highest BCUT2D eigenvalue weighted by molar-refractivity contribution is 6.55. The van der Waals surface area contributed by atoms with Crippen LogP contribution in [0.2, 0.25) is 5.15 Å². The molecule has 1 aromatic carbocycles. The van der Waals surface area contributed by atoms with Gasteiger partial charge in [0.1, 0.15) is 5.15 Å². The molecule has 3 nitrogen and oxygen atoms in total. The number of hydrogen-bond acceptors (Lipinski definition) is 3. The minimum absolute atomic E-state index is 0.415. The summed E-state index contributed by atoms with van der Waals surface area (Å²) >= 11 is 6.00. The van der Waals surface area contributed by atoms with Crippen molar-refractivity contribution in [2.45, 2.75) is 0 Å². The summed E-state index contributed by atoms with van der Waals surface area (Å²) < 4.78 is 0. The average molecular weight is 245 g/mol. The van der Waals surface area contributed by atoms with Crippen molar-refractivity contribution in [2.24, 2.45) is 0 Å². The number of hydrogen-bond donors (Lipinski definition) is 0. The van der Waals surface area contributed by atoms with Crippen LogP contribution in [0.1, 0.15) is 0 Å². The lowest BCUT2D eigenvalue weighted by atomic mass is 9.82. The van der Waals surface area contributed by atoms with E-state index in [9.17, 15) is 0 Å². The molecule has 85 valence electrons. The molecule has 2 aromatic rings. The van der Waals surface area contributed by atoms with Gasteiger partial charge < -0.3 is 4.81 Å². The molecular formula is C12H12BClN3. The molecule has 0 fully saturated rings. The average Bonchev–Trinajstić information content (AvgIpc) is 2.32. The molecule has 5 heteroatoms. The maximum Gasteiger partial charge on any atom is 0.251 e. The second kappa shape index (κ2) is 5.30. The fourth-order valence-corrected chi connectivity index (χ4v) is 1.65. The Hall–Kier alpha value is -1.39. The molecule has 0 spiro atoms. The van der Waals surface area contributed by atoms with Crippen LogP contribution in [0.4, 0.5) is 0 Å². The van der Waals surface area contributed by atoms with Gasteiger partial charge in [-0.1, -0.05) is 41.9 Å². The Labute approximate surface area is 107 Å². The van der Waals surface area contributed by atoms with E-state index in [1.807, 2.05) is 62.7 Å². The van der Waals surface area contributed by atoms with Gasteiger partial charge in [0.15, 0.2) is 0 Å². The standard InChI is InChI=1S/C12H12BClN3/c1-17(2)13-10-8-11(15-16-12(10)14)9-6-4-3-5-7-9/h3-8H,1-2H3. The van der Waals surface area contributed by atoms with Crippen molar-refractivity contribution in [3.05, 3.63) is 41.6 Å². The molecule has 0 aliphatic rings. The molecule has 0 aliphatic carbocycles. The lowest BCUT2D eigenvalue weighted by Crippen LogP contribution is -2.31. The molecule has 1 heterocycles. The van der Waals surface area contributed by atoms with Crippen LogP contribution in [0.5, 0.6) is 0 Å². The van der Waals surface area contributed by atoms with Crippen LogP contribution < -0.4 is 5.46 Å². The van der Waals surface area contributed by atoms with Crippen molar-refractivity contribution in [2.75, 3.05) is 14.1 Å². The molecule has 0 saturated carbocycles. The first kappa shape index (κ1) is 12.1. The largest absolute Gasteiger partial charge is 0.348 e. The Kier molecular flexibility index (Phi) is 3.76. The normalized spacial score (nSPS) is 10.6. The highest BCUT2D eigenvalue weighted by Crippen LogP contribution is 2.15. The van der Waals surface area contributed by atoms with E-state index in [0.717, 1.165) is 16.7 Å². The SMILES string of the molecule is CN(C)[B]c1cc(-c2ccccc2)nnc1Cl. The Balaban J connectivity index is 2.37. The van der Waals surface area contributed by atoms with Crippen LogP contribution in [0.25, 0.3) is 11.3 Å². The van der Waals surface area contributed by atoms with E-state index in [1.165, 1.54) is 0 Å². The summed E-state index contributed by atoms with van der Waals surface area (Å²) in [6.07, 6.45) is 0. The third-order valence-corrected chi connectivity index (χ3v) is 2.54. The maximum absolute atomic E-state index is 6.00. The van der Waals surface area contributed by atoms with Crippen molar-refractivity contribution in [3.63, 3.8) is 0 Å². The van der Waals surface area contributed by atoms with E-state index in [-0.39, 0.29) is 0 Å². The Morgan fingerprint density at radius 3 is 2.47 bits per heavy atom. The molecule has 0 amide bonds. The van der Waals surface area contributed by atoms with Gasteiger partial charge in [-0.3, -0.25) is 0 Å². The quantitative estimate of drug-likeness (QED) is 0.768. The van der Waals surface area contributed by atoms with Crippen molar-refractivity contribution in [1.29, 1.82) is 0 Å². The highest BCUT2D eigenvalue weighted by Gasteiger charge is 2.09. The minimum Gasteiger partial charge on any atom is -0.348 e. The van der Waals surface area contributed by atoms with Crippen LogP contribution in [-0.2, 0) is 0 Å². The second-order valence-electron chi connectivity index (χ2n) is 3.93. The smallest absolute Gasteiger partial charge is 0.251 e. The molecule has 0 atom stereocenters. The molecule has 0 bridgehead atoms. The predicted octanol–water partition coefficient (Wildman–Crippen LogP) is 1.60. The molecule has 17 heavy (non-hydrogen) atoms. The van der Waals surface area contributed by atoms with Gasteiger partial charge in [0.25, 0.3) is 7.41 Å². The number of halogens is 1. The van der Waals surface area contributed by atoms with E-state index in [1.54, 1.807) is 0 Å².